The first-order valence-corrected chi connectivity index (χ1v) is 13.3. The van der Waals surface area contributed by atoms with Crippen LogP contribution >= 0.6 is 0 Å². The third-order valence-electron chi connectivity index (χ3n) is 10.9. The predicted octanol–water partition coefficient (Wildman–Crippen LogP) is 6.93. The third kappa shape index (κ3) is 3.68. The van der Waals surface area contributed by atoms with E-state index in [1.165, 1.54) is 38.5 Å². The molecule has 0 aromatic rings. The quantitative estimate of drug-likeness (QED) is 0.338. The molecule has 4 rings (SSSR count). The number of carbonyl (C=O) groups is 1. The van der Waals surface area contributed by atoms with Gasteiger partial charge in [-0.15, -0.1) is 0 Å². The van der Waals surface area contributed by atoms with Gasteiger partial charge in [-0.05, 0) is 78.9 Å². The van der Waals surface area contributed by atoms with Gasteiger partial charge in [0.1, 0.15) is 0 Å². The van der Waals surface area contributed by atoms with Gasteiger partial charge in [0.05, 0.1) is 0 Å². The van der Waals surface area contributed by atoms with Gasteiger partial charge >= 0.3 is 0 Å². The summed E-state index contributed by atoms with van der Waals surface area (Å²) in [5, 5.41) is 12.1. The van der Waals surface area contributed by atoms with Crippen LogP contribution in [0.2, 0.25) is 0 Å². The highest BCUT2D eigenvalue weighted by Gasteiger charge is 2.67. The van der Waals surface area contributed by atoms with Gasteiger partial charge in [0, 0.05) is 16.8 Å². The van der Waals surface area contributed by atoms with E-state index in [1.807, 2.05) is 0 Å². The highest BCUT2D eigenvalue weighted by Crippen LogP contribution is 2.67. The summed E-state index contributed by atoms with van der Waals surface area (Å²) in [6.45, 7) is 11.8. The SMILES string of the molecule is CC(C)CCCC(C)C1CCC2C3C(=O)C([N+](=O)[O-])C4CCCCC4(C)C3CCC12C. The van der Waals surface area contributed by atoms with Crippen LogP contribution < -0.4 is 0 Å². The first-order chi connectivity index (χ1) is 14.6. The molecule has 0 aromatic heterocycles. The zero-order valence-corrected chi connectivity index (χ0v) is 20.6. The van der Waals surface area contributed by atoms with Crippen molar-refractivity contribution in [2.24, 2.45) is 52.3 Å². The van der Waals surface area contributed by atoms with Crippen molar-refractivity contribution in [2.45, 2.75) is 111 Å². The number of carbonyl (C=O) groups excluding carboxylic acids is 1. The van der Waals surface area contributed by atoms with E-state index in [1.54, 1.807) is 0 Å². The Bertz CT molecular complexity index is 705. The average Bonchev–Trinajstić information content (AvgIpc) is 3.05. The molecule has 0 aromatic carbocycles. The Kier molecular flexibility index (Phi) is 6.33. The highest BCUT2D eigenvalue weighted by atomic mass is 16.6. The number of fused-ring (bicyclic) bond motifs is 5. The minimum atomic E-state index is -0.948. The predicted molar refractivity (Wildman–Crippen MR) is 124 cm³/mol. The minimum Gasteiger partial charge on any atom is -0.292 e. The van der Waals surface area contributed by atoms with Crippen molar-refractivity contribution in [3.05, 3.63) is 10.1 Å². The molecular weight excluding hydrogens is 386 g/mol. The monoisotopic (exact) mass is 431 g/mol. The van der Waals surface area contributed by atoms with Crippen LogP contribution in [0, 0.1) is 62.4 Å². The van der Waals surface area contributed by atoms with E-state index in [4.69, 9.17) is 0 Å². The molecule has 0 N–H and O–H groups in total. The van der Waals surface area contributed by atoms with Gasteiger partial charge in [-0.25, -0.2) is 0 Å². The summed E-state index contributed by atoms with van der Waals surface area (Å²) in [6.07, 6.45) is 12.7. The molecule has 4 saturated carbocycles. The maximum Gasteiger partial charge on any atom is 0.273 e. The molecule has 4 heteroatoms. The van der Waals surface area contributed by atoms with Gasteiger partial charge in [0.2, 0.25) is 5.78 Å². The van der Waals surface area contributed by atoms with Gasteiger partial charge in [-0.1, -0.05) is 66.7 Å². The van der Waals surface area contributed by atoms with E-state index in [0.29, 0.717) is 23.7 Å². The maximum absolute atomic E-state index is 13.8. The summed E-state index contributed by atoms with van der Waals surface area (Å²) >= 11 is 0. The van der Waals surface area contributed by atoms with Crippen molar-refractivity contribution in [3.8, 4) is 0 Å². The lowest BCUT2D eigenvalue weighted by atomic mass is 9.43. The Labute approximate surface area is 189 Å². The summed E-state index contributed by atoms with van der Waals surface area (Å²) in [5.74, 6) is 2.76. The van der Waals surface area contributed by atoms with Crippen molar-refractivity contribution < 1.29 is 9.72 Å². The number of nitro groups is 1. The van der Waals surface area contributed by atoms with Crippen molar-refractivity contribution in [1.82, 2.24) is 0 Å². The van der Waals surface area contributed by atoms with Crippen LogP contribution in [0.1, 0.15) is 105 Å². The molecule has 0 radical (unpaired) electrons. The zero-order valence-electron chi connectivity index (χ0n) is 20.6. The largest absolute Gasteiger partial charge is 0.292 e. The van der Waals surface area contributed by atoms with E-state index < -0.39 is 6.04 Å². The Morgan fingerprint density at radius 2 is 1.65 bits per heavy atom. The molecule has 4 aliphatic rings. The molecule has 0 amide bonds. The summed E-state index contributed by atoms with van der Waals surface area (Å²) in [4.78, 5) is 25.7. The van der Waals surface area contributed by atoms with Crippen LogP contribution in [0.3, 0.4) is 0 Å². The molecule has 4 nitrogen and oxygen atoms in total. The Morgan fingerprint density at radius 1 is 0.935 bits per heavy atom. The van der Waals surface area contributed by atoms with Crippen LogP contribution in [0.4, 0.5) is 0 Å². The summed E-state index contributed by atoms with van der Waals surface area (Å²) < 4.78 is 0. The second-order valence-electron chi connectivity index (χ2n) is 12.8. The van der Waals surface area contributed by atoms with Gasteiger partial charge < -0.3 is 0 Å². The van der Waals surface area contributed by atoms with Crippen LogP contribution in [0.5, 0.6) is 0 Å². The van der Waals surface area contributed by atoms with Crippen LogP contribution in [-0.2, 0) is 4.79 Å². The van der Waals surface area contributed by atoms with E-state index in [0.717, 1.165) is 38.0 Å². The molecule has 4 fully saturated rings. The number of hydrogen-bond donors (Lipinski definition) is 0. The summed E-state index contributed by atoms with van der Waals surface area (Å²) in [5.41, 5.74) is 0.171. The number of rotatable bonds is 6. The lowest BCUT2D eigenvalue weighted by Gasteiger charge is -2.59. The van der Waals surface area contributed by atoms with Crippen LogP contribution in [-0.4, -0.2) is 16.7 Å². The fraction of sp³-hybridized carbons (Fsp3) is 0.963. The van der Waals surface area contributed by atoms with E-state index in [9.17, 15) is 14.9 Å². The normalized spacial score (nSPS) is 45.7. The molecule has 176 valence electrons. The lowest BCUT2D eigenvalue weighted by molar-refractivity contribution is -0.526. The molecule has 0 heterocycles. The van der Waals surface area contributed by atoms with Crippen molar-refractivity contribution in [3.63, 3.8) is 0 Å². The molecule has 31 heavy (non-hydrogen) atoms. The van der Waals surface area contributed by atoms with Crippen molar-refractivity contribution >= 4 is 5.78 Å². The molecule has 9 unspecified atom stereocenters. The van der Waals surface area contributed by atoms with Gasteiger partial charge in [0.15, 0.2) is 0 Å². The molecule has 4 aliphatic carbocycles. The number of ketones is 1. The number of nitrogens with zero attached hydrogens (tertiary/aromatic N) is 1. The maximum atomic E-state index is 13.8. The second kappa shape index (κ2) is 8.45. The molecule has 0 spiro atoms. The number of Topliss-reactive ketones (excluding diaryl/α,β-unsaturated/α-hetero) is 1. The summed E-state index contributed by atoms with van der Waals surface area (Å²) in [7, 11) is 0. The Hall–Kier alpha value is -0.930. The average molecular weight is 432 g/mol. The Morgan fingerprint density at radius 3 is 2.32 bits per heavy atom. The van der Waals surface area contributed by atoms with Gasteiger partial charge in [-0.2, -0.15) is 0 Å². The smallest absolute Gasteiger partial charge is 0.273 e. The molecule has 9 atom stereocenters. The molecular formula is C27H45NO3. The minimum absolute atomic E-state index is 0.0170. The van der Waals surface area contributed by atoms with Crippen LogP contribution in [0.15, 0.2) is 0 Å². The fourth-order valence-electron chi connectivity index (χ4n) is 9.31. The zero-order chi connectivity index (χ0) is 22.6. The molecule has 0 bridgehead atoms. The second-order valence-corrected chi connectivity index (χ2v) is 12.8. The standard InChI is InChI=1S/C27H45NO3/c1-17(2)9-8-10-18(3)19-12-13-20-23-21(14-16-27(19,20)5)26(4)15-7-6-11-22(26)24(25(23)29)28(30)31/h17-24H,6-16H2,1-5H3. The van der Waals surface area contributed by atoms with E-state index in [-0.39, 0.29) is 33.4 Å². The highest BCUT2D eigenvalue weighted by molar-refractivity contribution is 5.87. The van der Waals surface area contributed by atoms with E-state index >= 15 is 0 Å². The van der Waals surface area contributed by atoms with Gasteiger partial charge in [0.25, 0.3) is 6.04 Å². The van der Waals surface area contributed by atoms with E-state index in [2.05, 4.69) is 34.6 Å². The van der Waals surface area contributed by atoms with Gasteiger partial charge in [-0.3, -0.25) is 14.9 Å². The molecule has 0 aliphatic heterocycles. The van der Waals surface area contributed by atoms with Crippen LogP contribution in [0.25, 0.3) is 0 Å². The molecule has 0 saturated heterocycles. The Balaban J connectivity index is 1.60. The first kappa shape index (κ1) is 23.2. The first-order valence-electron chi connectivity index (χ1n) is 13.3. The lowest BCUT2D eigenvalue weighted by Crippen LogP contribution is -2.63. The van der Waals surface area contributed by atoms with Crippen molar-refractivity contribution in [1.29, 1.82) is 0 Å². The summed E-state index contributed by atoms with van der Waals surface area (Å²) in [6, 6.07) is -0.948. The fourth-order valence-corrected chi connectivity index (χ4v) is 9.31. The van der Waals surface area contributed by atoms with Crippen molar-refractivity contribution in [2.75, 3.05) is 0 Å². The topological polar surface area (TPSA) is 60.2 Å². The third-order valence-corrected chi connectivity index (χ3v) is 10.9. The number of hydrogen-bond acceptors (Lipinski definition) is 3.